The molecule has 0 spiro atoms. The molecule has 1 amide bonds. The van der Waals surface area contributed by atoms with E-state index in [9.17, 15) is 13.2 Å². The molecule has 1 N–H and O–H groups in total. The summed E-state index contributed by atoms with van der Waals surface area (Å²) in [6.07, 6.45) is 3.11. The maximum absolute atomic E-state index is 12.6. The van der Waals surface area contributed by atoms with Crippen LogP contribution in [0.1, 0.15) is 42.4 Å². The summed E-state index contributed by atoms with van der Waals surface area (Å²) in [5.74, 6) is 0.652. The summed E-state index contributed by atoms with van der Waals surface area (Å²) >= 11 is 0. The molecule has 176 valence electrons. The van der Waals surface area contributed by atoms with Crippen LogP contribution < -0.4 is 4.72 Å². The number of amides is 1. The lowest BCUT2D eigenvalue weighted by Crippen LogP contribution is -2.48. The number of benzene rings is 2. The molecule has 1 fully saturated rings. The maximum Gasteiger partial charge on any atom is 0.263 e. The number of unbranched alkanes of at least 4 members (excludes halogenated alkanes) is 2. The quantitative estimate of drug-likeness (QED) is 0.604. The number of hydrogen-bond donors (Lipinski definition) is 1. The molecule has 7 nitrogen and oxygen atoms in total. The highest BCUT2D eigenvalue weighted by molar-refractivity contribution is 7.90. The summed E-state index contributed by atoms with van der Waals surface area (Å²) in [6, 6.07) is 15.4. The third-order valence-corrected chi connectivity index (χ3v) is 7.76. The molecule has 4 rings (SSSR count). The van der Waals surface area contributed by atoms with Crippen molar-refractivity contribution in [1.82, 2.24) is 14.5 Å². The highest BCUT2D eigenvalue weighted by atomic mass is 32.2. The first-order valence-electron chi connectivity index (χ1n) is 11.7. The summed E-state index contributed by atoms with van der Waals surface area (Å²) < 4.78 is 26.8. The normalized spacial score (nSPS) is 18.8. The molecule has 0 bridgehead atoms. The fourth-order valence-corrected chi connectivity index (χ4v) is 5.60. The van der Waals surface area contributed by atoms with Gasteiger partial charge >= 0.3 is 0 Å². The van der Waals surface area contributed by atoms with Gasteiger partial charge in [0, 0.05) is 51.3 Å². The Kier molecular flexibility index (Phi) is 7.45. The Hall–Kier alpha value is -2.71. The third kappa shape index (κ3) is 5.81. The maximum atomic E-state index is 12.6. The van der Waals surface area contributed by atoms with E-state index in [1.54, 1.807) is 18.2 Å². The van der Waals surface area contributed by atoms with Crippen molar-refractivity contribution in [3.63, 3.8) is 0 Å². The molecule has 0 unspecified atom stereocenters. The molecule has 2 aromatic rings. The van der Waals surface area contributed by atoms with Crippen molar-refractivity contribution in [2.45, 2.75) is 44.0 Å². The number of carbonyl (C=O) groups excluding carboxylic acids is 1. The number of aryl methyl sites for hydroxylation is 1. The number of aliphatic imine (C=N–C) groups is 1. The predicted octanol–water partition coefficient (Wildman–Crippen LogP) is 2.94. The summed E-state index contributed by atoms with van der Waals surface area (Å²) in [5, 5.41) is 0. The van der Waals surface area contributed by atoms with Crippen molar-refractivity contribution in [2.24, 2.45) is 4.99 Å². The van der Waals surface area contributed by atoms with Gasteiger partial charge in [0.05, 0.1) is 4.90 Å². The van der Waals surface area contributed by atoms with E-state index in [2.05, 4.69) is 45.8 Å². The van der Waals surface area contributed by atoms with Crippen molar-refractivity contribution >= 4 is 21.8 Å². The van der Waals surface area contributed by atoms with Gasteiger partial charge in [0.2, 0.25) is 5.91 Å². The Labute approximate surface area is 196 Å². The third-order valence-electron chi connectivity index (χ3n) is 6.36. The smallest absolute Gasteiger partial charge is 0.263 e. The second-order valence-electron chi connectivity index (χ2n) is 8.73. The lowest BCUT2D eigenvalue weighted by atomic mass is 10.1. The van der Waals surface area contributed by atoms with Crippen LogP contribution in [0.4, 0.5) is 0 Å². The molecule has 0 radical (unpaired) electrons. The van der Waals surface area contributed by atoms with Gasteiger partial charge in [0.1, 0.15) is 5.84 Å². The fourth-order valence-electron chi connectivity index (χ4n) is 4.35. The molecule has 8 heteroatoms. The monoisotopic (exact) mass is 468 g/mol. The molecule has 2 aromatic carbocycles. The van der Waals surface area contributed by atoms with Gasteiger partial charge in [-0.05, 0) is 43.0 Å². The molecule has 0 saturated carbocycles. The van der Waals surface area contributed by atoms with Gasteiger partial charge in [-0.25, -0.2) is 8.42 Å². The number of rotatable bonds is 8. The number of hydrogen-bond acceptors (Lipinski definition) is 5. The number of piperazine rings is 1. The van der Waals surface area contributed by atoms with Crippen LogP contribution in [0.3, 0.4) is 0 Å². The van der Waals surface area contributed by atoms with Crippen molar-refractivity contribution in [3.8, 4) is 0 Å². The Morgan fingerprint density at radius 2 is 1.70 bits per heavy atom. The van der Waals surface area contributed by atoms with Gasteiger partial charge < -0.3 is 4.90 Å². The fraction of sp³-hybridized carbons (Fsp3) is 0.440. The minimum Gasteiger partial charge on any atom is -0.340 e. The van der Waals surface area contributed by atoms with E-state index in [0.29, 0.717) is 24.4 Å². The highest BCUT2D eigenvalue weighted by Crippen LogP contribution is 2.22. The van der Waals surface area contributed by atoms with E-state index in [0.717, 1.165) is 52.0 Å². The number of fused-ring (bicyclic) bond motifs is 1. The molecular formula is C25H32N4O3S. The number of carbonyl (C=O) groups is 1. The van der Waals surface area contributed by atoms with Crippen molar-refractivity contribution < 1.29 is 13.2 Å². The van der Waals surface area contributed by atoms with Crippen LogP contribution in [0.25, 0.3) is 0 Å². The zero-order valence-electron chi connectivity index (χ0n) is 19.2. The van der Waals surface area contributed by atoms with Gasteiger partial charge in [-0.3, -0.25) is 19.4 Å². The zero-order valence-corrected chi connectivity index (χ0v) is 20.0. The minimum absolute atomic E-state index is 0.231. The Bertz CT molecular complexity index is 1120. The first kappa shape index (κ1) is 23.4. The van der Waals surface area contributed by atoms with E-state index in [1.165, 1.54) is 11.1 Å². The Morgan fingerprint density at radius 3 is 2.48 bits per heavy atom. The second kappa shape index (κ2) is 10.5. The van der Waals surface area contributed by atoms with E-state index >= 15 is 0 Å². The van der Waals surface area contributed by atoms with Crippen LogP contribution in [0, 0.1) is 6.92 Å². The van der Waals surface area contributed by atoms with E-state index < -0.39 is 10.0 Å². The van der Waals surface area contributed by atoms with E-state index in [1.807, 2.05) is 11.0 Å². The van der Waals surface area contributed by atoms with Crippen molar-refractivity contribution in [2.75, 3.05) is 32.7 Å². The van der Waals surface area contributed by atoms with Gasteiger partial charge in [0.25, 0.3) is 10.0 Å². The van der Waals surface area contributed by atoms with Gasteiger partial charge in [-0.1, -0.05) is 42.8 Å². The predicted molar refractivity (Wildman–Crippen MR) is 130 cm³/mol. The first-order chi connectivity index (χ1) is 15.9. The van der Waals surface area contributed by atoms with Gasteiger partial charge in [-0.2, -0.15) is 0 Å². The molecule has 2 aliphatic rings. The van der Waals surface area contributed by atoms with E-state index in [4.69, 9.17) is 0 Å². The van der Waals surface area contributed by atoms with Crippen LogP contribution in [-0.2, 0) is 21.4 Å². The standard InChI is InChI=1S/C25H32N4O3S/c1-20-9-4-5-10-21(20)19-28-15-17-29(18-16-28)24(30)13-3-2-8-14-26-25-22-11-6-7-12-23(22)33(31,32)27-25/h4-7,9-12H,2-3,8,13-19H2,1H3,(H,26,27). The van der Waals surface area contributed by atoms with Crippen LogP contribution in [0.15, 0.2) is 58.4 Å². The van der Waals surface area contributed by atoms with E-state index in [-0.39, 0.29) is 10.8 Å². The van der Waals surface area contributed by atoms with Crippen LogP contribution in [-0.4, -0.2) is 62.7 Å². The number of nitrogens with zero attached hydrogens (tertiary/aromatic N) is 3. The summed E-state index contributed by atoms with van der Waals surface area (Å²) in [6.45, 7) is 7.03. The summed E-state index contributed by atoms with van der Waals surface area (Å²) in [7, 11) is -3.48. The van der Waals surface area contributed by atoms with Crippen LogP contribution in [0.2, 0.25) is 0 Å². The number of amidine groups is 1. The number of sulfonamides is 1. The lowest BCUT2D eigenvalue weighted by molar-refractivity contribution is -0.133. The van der Waals surface area contributed by atoms with Crippen LogP contribution >= 0.6 is 0 Å². The van der Waals surface area contributed by atoms with Gasteiger partial charge in [-0.15, -0.1) is 0 Å². The topological polar surface area (TPSA) is 82.1 Å². The molecule has 0 aliphatic carbocycles. The Balaban J connectivity index is 1.14. The minimum atomic E-state index is -3.48. The highest BCUT2D eigenvalue weighted by Gasteiger charge is 2.29. The zero-order chi connectivity index (χ0) is 23.3. The summed E-state index contributed by atoms with van der Waals surface area (Å²) in [4.78, 5) is 21.7. The van der Waals surface area contributed by atoms with Gasteiger partial charge in [0.15, 0.2) is 0 Å². The largest absolute Gasteiger partial charge is 0.340 e. The first-order valence-corrected chi connectivity index (χ1v) is 13.1. The molecular weight excluding hydrogens is 436 g/mol. The molecule has 1 saturated heterocycles. The average molecular weight is 469 g/mol. The lowest BCUT2D eigenvalue weighted by Gasteiger charge is -2.35. The van der Waals surface area contributed by atoms with Crippen molar-refractivity contribution in [3.05, 3.63) is 65.2 Å². The molecule has 2 heterocycles. The number of nitrogens with one attached hydrogen (secondary N) is 1. The van der Waals surface area contributed by atoms with Crippen LogP contribution in [0.5, 0.6) is 0 Å². The Morgan fingerprint density at radius 1 is 0.970 bits per heavy atom. The molecule has 0 aromatic heterocycles. The second-order valence-corrected chi connectivity index (χ2v) is 10.4. The average Bonchev–Trinajstić information content (AvgIpc) is 3.08. The summed E-state index contributed by atoms with van der Waals surface area (Å²) in [5.41, 5.74) is 3.31. The SMILES string of the molecule is Cc1ccccc1CN1CCN(C(=O)CCCCCN=C2NS(=O)(=O)c3ccccc32)CC1. The molecule has 2 aliphatic heterocycles. The molecule has 0 atom stereocenters. The van der Waals surface area contributed by atoms with Crippen molar-refractivity contribution in [1.29, 1.82) is 0 Å². The molecule has 33 heavy (non-hydrogen) atoms.